The fourth-order valence-electron chi connectivity index (χ4n) is 3.93. The van der Waals surface area contributed by atoms with Crippen LogP contribution in [0.4, 0.5) is 0 Å². The number of aliphatic imine (C=N–C) groups is 2. The van der Waals surface area contributed by atoms with Gasteiger partial charge in [-0.25, -0.2) is 0 Å². The van der Waals surface area contributed by atoms with E-state index in [9.17, 15) is 0 Å². The molecule has 5 nitrogen and oxygen atoms in total. The van der Waals surface area contributed by atoms with Crippen LogP contribution in [0.1, 0.15) is 59.0 Å². The van der Waals surface area contributed by atoms with E-state index in [0.717, 1.165) is 22.9 Å². The largest absolute Gasteiger partial charge is 0.276 e. The van der Waals surface area contributed by atoms with E-state index in [-0.39, 0.29) is 0 Å². The molecule has 0 amide bonds. The van der Waals surface area contributed by atoms with Crippen LogP contribution in [0.2, 0.25) is 0 Å². The summed E-state index contributed by atoms with van der Waals surface area (Å²) in [4.78, 5) is 10.3. The van der Waals surface area contributed by atoms with Gasteiger partial charge in [0.25, 0.3) is 0 Å². The highest BCUT2D eigenvalue weighted by Gasteiger charge is 2.26. The predicted octanol–water partition coefficient (Wildman–Crippen LogP) is 5.91. The van der Waals surface area contributed by atoms with Crippen molar-refractivity contribution in [2.45, 2.75) is 54.5 Å². The van der Waals surface area contributed by atoms with Crippen LogP contribution < -0.4 is 0 Å². The Morgan fingerprint density at radius 3 is 2.39 bits per heavy atom. The summed E-state index contributed by atoms with van der Waals surface area (Å²) in [6.07, 6.45) is 5.23. The summed E-state index contributed by atoms with van der Waals surface area (Å²) in [5.41, 5.74) is 7.26. The van der Waals surface area contributed by atoms with Gasteiger partial charge in [-0.15, -0.1) is 21.5 Å². The number of hydrogen-bond donors (Lipinski definition) is 0. The molecule has 2 aliphatic rings. The van der Waals surface area contributed by atoms with E-state index in [4.69, 9.17) is 4.99 Å². The Kier molecular flexibility index (Phi) is 6.01. The van der Waals surface area contributed by atoms with Crippen molar-refractivity contribution in [1.29, 1.82) is 0 Å². The van der Waals surface area contributed by atoms with Crippen molar-refractivity contribution in [1.82, 2.24) is 14.8 Å². The van der Waals surface area contributed by atoms with E-state index >= 15 is 0 Å². The Labute approximate surface area is 188 Å². The molecule has 1 aromatic carbocycles. The molecule has 160 valence electrons. The zero-order valence-corrected chi connectivity index (χ0v) is 19.9. The highest BCUT2D eigenvalue weighted by molar-refractivity contribution is 7.15. The molecule has 0 bridgehead atoms. The Hall–Kier alpha value is -2.86. The molecule has 0 spiro atoms. The van der Waals surface area contributed by atoms with Gasteiger partial charge in [0.2, 0.25) is 0 Å². The quantitative estimate of drug-likeness (QED) is 0.506. The number of benzene rings is 1. The molecule has 0 saturated carbocycles. The van der Waals surface area contributed by atoms with E-state index in [0.29, 0.717) is 12.5 Å². The second-order valence-electron chi connectivity index (χ2n) is 8.12. The van der Waals surface area contributed by atoms with Gasteiger partial charge < -0.3 is 0 Å². The molecule has 0 N–H and O–H groups in total. The fraction of sp³-hybridized carbons (Fsp3) is 0.360. The van der Waals surface area contributed by atoms with Crippen LogP contribution in [-0.2, 0) is 6.54 Å². The second kappa shape index (κ2) is 8.71. The minimum Gasteiger partial charge on any atom is -0.276 e. The molecule has 1 atom stereocenters. The zero-order valence-electron chi connectivity index (χ0n) is 19.1. The van der Waals surface area contributed by atoms with E-state index < -0.39 is 0 Å². The van der Waals surface area contributed by atoms with Crippen molar-refractivity contribution in [2.24, 2.45) is 15.9 Å². The summed E-state index contributed by atoms with van der Waals surface area (Å²) < 4.78 is 2.16. The molecule has 0 fully saturated rings. The van der Waals surface area contributed by atoms with E-state index in [2.05, 4.69) is 84.7 Å². The van der Waals surface area contributed by atoms with Crippen LogP contribution in [0.15, 0.2) is 46.5 Å². The first-order valence-electron chi connectivity index (χ1n) is 10.7. The van der Waals surface area contributed by atoms with Crippen LogP contribution in [0.5, 0.6) is 0 Å². The summed E-state index contributed by atoms with van der Waals surface area (Å²) in [6.45, 7) is 13.3. The third kappa shape index (κ3) is 4.04. The molecule has 2 aromatic heterocycles. The number of nitrogens with zero attached hydrogens (tertiary/aromatic N) is 5. The first-order valence-corrected chi connectivity index (χ1v) is 11.6. The maximum absolute atomic E-state index is 4.89. The average molecular weight is 432 g/mol. The highest BCUT2D eigenvalue weighted by atomic mass is 32.1. The molecular formula is C25H29N5S. The predicted molar refractivity (Wildman–Crippen MR) is 130 cm³/mol. The third-order valence-electron chi connectivity index (χ3n) is 5.98. The molecule has 31 heavy (non-hydrogen) atoms. The molecule has 0 radical (unpaired) electrons. The summed E-state index contributed by atoms with van der Waals surface area (Å²) in [5.74, 6) is 2.46. The summed E-state index contributed by atoms with van der Waals surface area (Å²) in [5, 5.41) is 9.74. The lowest BCUT2D eigenvalue weighted by Gasteiger charge is -2.09. The minimum absolute atomic E-state index is 0.559. The SMILES string of the molecule is CCC1C=CN=C1C.Cc1ccc(C2=NCc3nnc(C)n3-c3sc(C)c(C)c32)cc1. The van der Waals surface area contributed by atoms with Gasteiger partial charge in [-0.1, -0.05) is 42.8 Å². The monoisotopic (exact) mass is 431 g/mol. The zero-order chi connectivity index (χ0) is 22.1. The van der Waals surface area contributed by atoms with Crippen molar-refractivity contribution in [3.63, 3.8) is 0 Å². The molecule has 6 heteroatoms. The standard InChI is InChI=1S/C18H18N4S.C7H11N/c1-10-5-7-14(8-6-10)17-16-11(2)12(3)23-18(16)22-13(4)20-21-15(22)9-19-17;1-3-7-4-5-8-6(7)2/h5-8H,9H2,1-4H3;4-5,7H,3H2,1-2H3. The van der Waals surface area contributed by atoms with E-state index in [1.807, 2.05) is 13.1 Å². The molecule has 4 heterocycles. The number of fused-ring (bicyclic) bond motifs is 3. The normalized spacial score (nSPS) is 16.6. The average Bonchev–Trinajstić information content (AvgIpc) is 3.39. The molecule has 0 aliphatic carbocycles. The Morgan fingerprint density at radius 2 is 1.77 bits per heavy atom. The smallest absolute Gasteiger partial charge is 0.160 e. The lowest BCUT2D eigenvalue weighted by molar-refractivity contribution is 0.825. The topological polar surface area (TPSA) is 55.4 Å². The number of rotatable bonds is 2. The van der Waals surface area contributed by atoms with Crippen molar-refractivity contribution < 1.29 is 0 Å². The van der Waals surface area contributed by atoms with Crippen molar-refractivity contribution in [3.05, 3.63) is 75.3 Å². The van der Waals surface area contributed by atoms with Crippen LogP contribution >= 0.6 is 11.3 Å². The molecule has 1 unspecified atom stereocenters. The summed E-state index contributed by atoms with van der Waals surface area (Å²) in [6, 6.07) is 8.60. The fourth-order valence-corrected chi connectivity index (χ4v) is 5.15. The highest BCUT2D eigenvalue weighted by Crippen LogP contribution is 2.36. The third-order valence-corrected chi connectivity index (χ3v) is 7.17. The Morgan fingerprint density at radius 1 is 1.03 bits per heavy atom. The van der Waals surface area contributed by atoms with Gasteiger partial charge in [0, 0.05) is 33.8 Å². The lowest BCUT2D eigenvalue weighted by atomic mass is 9.99. The Bertz CT molecular complexity index is 1190. The van der Waals surface area contributed by atoms with Crippen LogP contribution in [0.3, 0.4) is 0 Å². The van der Waals surface area contributed by atoms with Gasteiger partial charge in [-0.2, -0.15) is 0 Å². The van der Waals surface area contributed by atoms with Crippen molar-refractivity contribution >= 4 is 22.8 Å². The molecule has 3 aromatic rings. The number of aryl methyl sites for hydroxylation is 3. The molecule has 5 rings (SSSR count). The van der Waals surface area contributed by atoms with Gasteiger partial charge >= 0.3 is 0 Å². The van der Waals surface area contributed by atoms with Crippen LogP contribution in [0.25, 0.3) is 5.00 Å². The number of aromatic nitrogens is 3. The van der Waals surface area contributed by atoms with Crippen molar-refractivity contribution in [2.75, 3.05) is 0 Å². The summed E-state index contributed by atoms with van der Waals surface area (Å²) in [7, 11) is 0. The van der Waals surface area contributed by atoms with Gasteiger partial charge in [0.15, 0.2) is 5.82 Å². The van der Waals surface area contributed by atoms with Crippen LogP contribution in [-0.4, -0.2) is 26.2 Å². The first-order chi connectivity index (χ1) is 14.9. The van der Waals surface area contributed by atoms with Gasteiger partial charge in [0.05, 0.1) is 5.71 Å². The number of hydrogen-bond acceptors (Lipinski definition) is 5. The van der Waals surface area contributed by atoms with Gasteiger partial charge in [-0.05, 0) is 46.6 Å². The van der Waals surface area contributed by atoms with Gasteiger partial charge in [0.1, 0.15) is 17.4 Å². The maximum Gasteiger partial charge on any atom is 0.160 e. The van der Waals surface area contributed by atoms with Crippen molar-refractivity contribution in [3.8, 4) is 5.00 Å². The number of thiophene rings is 1. The number of allylic oxidation sites excluding steroid dienone is 1. The van der Waals surface area contributed by atoms with E-state index in [1.54, 1.807) is 11.3 Å². The van der Waals surface area contributed by atoms with Gasteiger partial charge in [-0.3, -0.25) is 14.6 Å². The first kappa shape index (κ1) is 21.4. The second-order valence-corrected chi connectivity index (χ2v) is 9.32. The molecule has 0 saturated heterocycles. The minimum atomic E-state index is 0.559. The Balaban J connectivity index is 0.000000245. The summed E-state index contributed by atoms with van der Waals surface area (Å²) >= 11 is 1.80. The maximum atomic E-state index is 4.89. The lowest BCUT2D eigenvalue weighted by Crippen LogP contribution is -2.07. The molecule has 2 aliphatic heterocycles. The molecular weight excluding hydrogens is 402 g/mol. The van der Waals surface area contributed by atoms with Crippen LogP contribution in [0, 0.1) is 33.6 Å². The van der Waals surface area contributed by atoms with E-state index in [1.165, 1.54) is 38.7 Å².